The smallest absolute Gasteiger partial charge is 0.253 e. The molecule has 0 atom stereocenters. The average molecular weight is 204 g/mol. The number of hydrogen-bond donors (Lipinski definition) is 1. The topological polar surface area (TPSA) is 42.0 Å². The SMILES string of the molecule is CCC(=O)Nc1cc(F)nc(F)c1F. The molecular formula is C8H7F3N2O. The van der Waals surface area contributed by atoms with Crippen LogP contribution in [0.3, 0.4) is 0 Å². The molecule has 3 nitrogen and oxygen atoms in total. The molecule has 0 unspecified atom stereocenters. The van der Waals surface area contributed by atoms with Gasteiger partial charge in [0.15, 0.2) is 0 Å². The van der Waals surface area contributed by atoms with E-state index in [1.54, 1.807) is 0 Å². The van der Waals surface area contributed by atoms with Gasteiger partial charge in [-0.25, -0.2) is 0 Å². The Morgan fingerprint density at radius 3 is 2.71 bits per heavy atom. The zero-order valence-corrected chi connectivity index (χ0v) is 7.27. The highest BCUT2D eigenvalue weighted by Gasteiger charge is 2.13. The summed E-state index contributed by atoms with van der Waals surface area (Å²) in [5, 5.41) is 2.01. The summed E-state index contributed by atoms with van der Waals surface area (Å²) in [6.45, 7) is 1.53. The molecule has 0 bridgehead atoms. The number of anilines is 1. The van der Waals surface area contributed by atoms with Crippen LogP contribution >= 0.6 is 0 Å². The largest absolute Gasteiger partial charge is 0.323 e. The summed E-state index contributed by atoms with van der Waals surface area (Å²) in [4.78, 5) is 13.4. The summed E-state index contributed by atoms with van der Waals surface area (Å²) < 4.78 is 37.9. The fourth-order valence-electron chi connectivity index (χ4n) is 0.798. The molecule has 6 heteroatoms. The monoisotopic (exact) mass is 204 g/mol. The van der Waals surface area contributed by atoms with Crippen molar-refractivity contribution >= 4 is 11.6 Å². The van der Waals surface area contributed by atoms with Gasteiger partial charge in [-0.15, -0.1) is 0 Å². The molecule has 1 amide bonds. The molecule has 1 N–H and O–H groups in total. The fourth-order valence-corrected chi connectivity index (χ4v) is 0.798. The van der Waals surface area contributed by atoms with Crippen molar-refractivity contribution in [2.75, 3.05) is 5.32 Å². The summed E-state index contributed by atoms with van der Waals surface area (Å²) in [6, 6.07) is 0.617. The van der Waals surface area contributed by atoms with E-state index < -0.39 is 29.3 Å². The molecular weight excluding hydrogens is 197 g/mol. The molecule has 1 rings (SSSR count). The van der Waals surface area contributed by atoms with E-state index in [9.17, 15) is 18.0 Å². The normalized spacial score (nSPS) is 10.0. The summed E-state index contributed by atoms with van der Waals surface area (Å²) in [5.74, 6) is -4.66. The number of nitrogens with zero attached hydrogens (tertiary/aromatic N) is 1. The Morgan fingerprint density at radius 2 is 2.14 bits per heavy atom. The third-order valence-electron chi connectivity index (χ3n) is 1.48. The molecule has 0 saturated carbocycles. The van der Waals surface area contributed by atoms with E-state index in [-0.39, 0.29) is 6.42 Å². The highest BCUT2D eigenvalue weighted by atomic mass is 19.2. The molecule has 14 heavy (non-hydrogen) atoms. The molecule has 1 aromatic rings. The van der Waals surface area contributed by atoms with Gasteiger partial charge in [0.05, 0.1) is 5.69 Å². The third kappa shape index (κ3) is 2.21. The van der Waals surface area contributed by atoms with Crippen LogP contribution in [0.5, 0.6) is 0 Å². The molecule has 0 aliphatic carbocycles. The number of aromatic nitrogens is 1. The number of pyridine rings is 1. The van der Waals surface area contributed by atoms with Crippen molar-refractivity contribution in [1.82, 2.24) is 4.98 Å². The number of carbonyl (C=O) groups is 1. The van der Waals surface area contributed by atoms with E-state index in [1.807, 2.05) is 5.32 Å². The highest BCUT2D eigenvalue weighted by molar-refractivity contribution is 5.90. The molecule has 0 saturated heterocycles. The lowest BCUT2D eigenvalue weighted by molar-refractivity contribution is -0.115. The first-order chi connectivity index (χ1) is 6.54. The summed E-state index contributed by atoms with van der Waals surface area (Å²) in [6.07, 6.45) is 0.0883. The van der Waals surface area contributed by atoms with E-state index in [1.165, 1.54) is 6.92 Å². The van der Waals surface area contributed by atoms with Crippen LogP contribution in [-0.4, -0.2) is 10.9 Å². The van der Waals surface area contributed by atoms with Crippen molar-refractivity contribution in [3.63, 3.8) is 0 Å². The average Bonchev–Trinajstić information content (AvgIpc) is 2.13. The van der Waals surface area contributed by atoms with Crippen molar-refractivity contribution in [2.45, 2.75) is 13.3 Å². The Hall–Kier alpha value is -1.59. The first-order valence-electron chi connectivity index (χ1n) is 3.86. The second-order valence-corrected chi connectivity index (χ2v) is 2.50. The van der Waals surface area contributed by atoms with Crippen LogP contribution in [-0.2, 0) is 4.79 Å². The number of nitrogens with one attached hydrogen (secondary N) is 1. The predicted molar refractivity (Wildman–Crippen MR) is 43.0 cm³/mol. The molecule has 0 radical (unpaired) electrons. The van der Waals surface area contributed by atoms with Gasteiger partial charge in [0.1, 0.15) is 0 Å². The summed E-state index contributed by atoms with van der Waals surface area (Å²) in [7, 11) is 0. The minimum absolute atomic E-state index is 0.0883. The standard InChI is InChI=1S/C8H7F3N2O/c1-2-6(14)12-4-3-5(9)13-8(11)7(4)10/h3H,2H2,1H3,(H,12,13,14). The van der Waals surface area contributed by atoms with Gasteiger partial charge < -0.3 is 5.32 Å². The second-order valence-electron chi connectivity index (χ2n) is 2.50. The molecule has 1 aromatic heterocycles. The maximum Gasteiger partial charge on any atom is 0.253 e. The fraction of sp³-hybridized carbons (Fsp3) is 0.250. The number of amides is 1. The number of rotatable bonds is 2. The van der Waals surface area contributed by atoms with Crippen LogP contribution in [0, 0.1) is 17.7 Å². The maximum absolute atomic E-state index is 12.9. The lowest BCUT2D eigenvalue weighted by Crippen LogP contribution is -2.12. The van der Waals surface area contributed by atoms with Gasteiger partial charge in [-0.05, 0) is 0 Å². The summed E-state index contributed by atoms with van der Waals surface area (Å²) >= 11 is 0. The quantitative estimate of drug-likeness (QED) is 0.747. The number of hydrogen-bond acceptors (Lipinski definition) is 2. The van der Waals surface area contributed by atoms with E-state index in [0.717, 1.165) is 0 Å². The van der Waals surface area contributed by atoms with Gasteiger partial charge in [0.2, 0.25) is 17.7 Å². The van der Waals surface area contributed by atoms with E-state index in [0.29, 0.717) is 6.07 Å². The Balaban J connectivity index is 3.02. The lowest BCUT2D eigenvalue weighted by Gasteiger charge is -2.04. The first-order valence-corrected chi connectivity index (χ1v) is 3.86. The van der Waals surface area contributed by atoms with Gasteiger partial charge >= 0.3 is 0 Å². The first kappa shape index (κ1) is 10.5. The van der Waals surface area contributed by atoms with E-state index in [4.69, 9.17) is 0 Å². The van der Waals surface area contributed by atoms with E-state index >= 15 is 0 Å². The van der Waals surface area contributed by atoms with Crippen LogP contribution in [0.15, 0.2) is 6.07 Å². The van der Waals surface area contributed by atoms with Crippen molar-refractivity contribution in [1.29, 1.82) is 0 Å². The van der Waals surface area contributed by atoms with Crippen LogP contribution in [0.2, 0.25) is 0 Å². The van der Waals surface area contributed by atoms with E-state index in [2.05, 4.69) is 4.98 Å². The Bertz CT molecular complexity index is 368. The van der Waals surface area contributed by atoms with Gasteiger partial charge in [-0.1, -0.05) is 6.92 Å². The predicted octanol–water partition coefficient (Wildman–Crippen LogP) is 1.85. The Morgan fingerprint density at radius 1 is 1.50 bits per heavy atom. The van der Waals surface area contributed by atoms with Crippen molar-refractivity contribution < 1.29 is 18.0 Å². The lowest BCUT2D eigenvalue weighted by atomic mass is 10.3. The van der Waals surface area contributed by atoms with Gasteiger partial charge in [-0.2, -0.15) is 18.2 Å². The third-order valence-corrected chi connectivity index (χ3v) is 1.48. The zero-order valence-electron chi connectivity index (χ0n) is 7.27. The number of carbonyl (C=O) groups excluding carboxylic acids is 1. The van der Waals surface area contributed by atoms with Crippen molar-refractivity contribution in [2.24, 2.45) is 0 Å². The van der Waals surface area contributed by atoms with Crippen LogP contribution < -0.4 is 5.32 Å². The molecule has 0 aliphatic heterocycles. The highest BCUT2D eigenvalue weighted by Crippen LogP contribution is 2.16. The Kier molecular flexibility index (Phi) is 3.06. The molecule has 76 valence electrons. The van der Waals surface area contributed by atoms with Crippen molar-refractivity contribution in [3.05, 3.63) is 23.8 Å². The van der Waals surface area contributed by atoms with Gasteiger partial charge in [-0.3, -0.25) is 4.79 Å². The zero-order chi connectivity index (χ0) is 10.7. The van der Waals surface area contributed by atoms with Crippen LogP contribution in [0.25, 0.3) is 0 Å². The molecule has 1 heterocycles. The minimum atomic E-state index is -1.57. The Labute approximate surface area is 78.0 Å². The molecule has 0 aromatic carbocycles. The molecule has 0 fully saturated rings. The van der Waals surface area contributed by atoms with Crippen LogP contribution in [0.1, 0.15) is 13.3 Å². The molecule has 0 spiro atoms. The van der Waals surface area contributed by atoms with Gasteiger partial charge in [0.25, 0.3) is 5.95 Å². The number of halogens is 3. The maximum atomic E-state index is 12.9. The minimum Gasteiger partial charge on any atom is -0.323 e. The van der Waals surface area contributed by atoms with Crippen LogP contribution in [0.4, 0.5) is 18.9 Å². The van der Waals surface area contributed by atoms with Gasteiger partial charge in [0, 0.05) is 12.5 Å². The molecule has 0 aliphatic rings. The second kappa shape index (κ2) is 4.08. The summed E-state index contributed by atoms with van der Waals surface area (Å²) in [5.41, 5.74) is -0.540. The van der Waals surface area contributed by atoms with Crippen molar-refractivity contribution in [3.8, 4) is 0 Å².